The van der Waals surface area contributed by atoms with Gasteiger partial charge in [0.25, 0.3) is 0 Å². The van der Waals surface area contributed by atoms with E-state index in [9.17, 15) is 0 Å². The zero-order chi connectivity index (χ0) is 11.4. The third-order valence-corrected chi connectivity index (χ3v) is 2.16. The van der Waals surface area contributed by atoms with Gasteiger partial charge in [-0.15, -0.1) is 0 Å². The van der Waals surface area contributed by atoms with Crippen LogP contribution < -0.4 is 4.74 Å². The topological polar surface area (TPSA) is 55.2 Å². The van der Waals surface area contributed by atoms with Crippen molar-refractivity contribution in [1.29, 1.82) is 0 Å². The first-order valence-electron chi connectivity index (χ1n) is 4.91. The molecule has 1 heterocycles. The Morgan fingerprint density at radius 1 is 1.19 bits per heavy atom. The van der Waals surface area contributed by atoms with Crippen molar-refractivity contribution in [1.82, 2.24) is 9.97 Å². The number of rotatable bonds is 3. The quantitative estimate of drug-likeness (QED) is 0.847. The number of aromatic nitrogens is 2. The second kappa shape index (κ2) is 4.72. The number of methoxy groups -OCH3 is 1. The van der Waals surface area contributed by atoms with Crippen LogP contribution >= 0.6 is 0 Å². The number of hydrogen-bond donors (Lipinski definition) is 1. The molecule has 0 atom stereocenters. The van der Waals surface area contributed by atoms with Crippen molar-refractivity contribution < 1.29 is 9.84 Å². The lowest BCUT2D eigenvalue weighted by Gasteiger charge is -2.05. The highest BCUT2D eigenvalue weighted by Gasteiger charge is 2.05. The predicted octanol–water partition coefficient (Wildman–Crippen LogP) is 1.64. The van der Waals surface area contributed by atoms with Crippen molar-refractivity contribution in [2.24, 2.45) is 0 Å². The smallest absolute Gasteiger partial charge is 0.216 e. The Labute approximate surface area is 93.6 Å². The molecular formula is C12H12N2O2. The summed E-state index contributed by atoms with van der Waals surface area (Å²) >= 11 is 0. The van der Waals surface area contributed by atoms with E-state index in [4.69, 9.17) is 9.84 Å². The average molecular weight is 216 g/mol. The van der Waals surface area contributed by atoms with Crippen molar-refractivity contribution in [3.8, 4) is 17.3 Å². The van der Waals surface area contributed by atoms with Gasteiger partial charge in [-0.2, -0.15) is 4.98 Å². The lowest BCUT2D eigenvalue weighted by Crippen LogP contribution is -1.98. The van der Waals surface area contributed by atoms with Gasteiger partial charge in [0.1, 0.15) is 0 Å². The van der Waals surface area contributed by atoms with E-state index < -0.39 is 0 Å². The number of ether oxygens (including phenoxy) is 1. The minimum absolute atomic E-state index is 0.126. The van der Waals surface area contributed by atoms with Gasteiger partial charge in [0.15, 0.2) is 5.82 Å². The fourth-order valence-electron chi connectivity index (χ4n) is 1.37. The Morgan fingerprint density at radius 2 is 1.94 bits per heavy atom. The van der Waals surface area contributed by atoms with Crippen molar-refractivity contribution in [3.63, 3.8) is 0 Å². The first kappa shape index (κ1) is 10.6. The molecule has 0 fully saturated rings. The van der Waals surface area contributed by atoms with Gasteiger partial charge in [-0.1, -0.05) is 30.3 Å². The van der Waals surface area contributed by atoms with Crippen LogP contribution in [-0.2, 0) is 6.61 Å². The molecule has 2 aromatic rings. The van der Waals surface area contributed by atoms with Crippen LogP contribution in [0.15, 0.2) is 36.4 Å². The monoisotopic (exact) mass is 216 g/mol. The summed E-state index contributed by atoms with van der Waals surface area (Å²) in [5.74, 6) is 1.02. The molecule has 82 valence electrons. The molecule has 0 bridgehead atoms. The molecule has 2 rings (SSSR count). The van der Waals surface area contributed by atoms with Gasteiger partial charge in [0, 0.05) is 11.6 Å². The van der Waals surface area contributed by atoms with Crippen LogP contribution in [0.3, 0.4) is 0 Å². The zero-order valence-corrected chi connectivity index (χ0v) is 8.92. The van der Waals surface area contributed by atoms with E-state index >= 15 is 0 Å². The molecule has 0 amide bonds. The summed E-state index contributed by atoms with van der Waals surface area (Å²) in [4.78, 5) is 8.45. The summed E-state index contributed by atoms with van der Waals surface area (Å²) in [7, 11) is 1.54. The molecule has 1 aromatic carbocycles. The minimum Gasteiger partial charge on any atom is -0.481 e. The number of nitrogens with zero attached hydrogens (tertiary/aromatic N) is 2. The maximum Gasteiger partial charge on any atom is 0.216 e. The molecule has 0 spiro atoms. The molecule has 0 aliphatic carbocycles. The van der Waals surface area contributed by atoms with Gasteiger partial charge in [0.05, 0.1) is 19.4 Å². The Bertz CT molecular complexity index is 449. The van der Waals surface area contributed by atoms with Crippen molar-refractivity contribution >= 4 is 0 Å². The van der Waals surface area contributed by atoms with Gasteiger partial charge in [0.2, 0.25) is 5.88 Å². The molecule has 0 unspecified atom stereocenters. The number of aliphatic hydroxyl groups excluding tert-OH is 1. The highest BCUT2D eigenvalue weighted by atomic mass is 16.5. The summed E-state index contributed by atoms with van der Waals surface area (Å²) < 4.78 is 5.06. The lowest BCUT2D eigenvalue weighted by molar-refractivity contribution is 0.275. The highest BCUT2D eigenvalue weighted by Crippen LogP contribution is 2.18. The Balaban J connectivity index is 2.48. The molecule has 1 N–H and O–H groups in total. The zero-order valence-electron chi connectivity index (χ0n) is 8.92. The van der Waals surface area contributed by atoms with Crippen LogP contribution in [0.5, 0.6) is 5.88 Å². The van der Waals surface area contributed by atoms with E-state index in [0.29, 0.717) is 17.4 Å². The Hall–Kier alpha value is -1.94. The number of aliphatic hydroxyl groups is 1. The fraction of sp³-hybridized carbons (Fsp3) is 0.167. The van der Waals surface area contributed by atoms with Crippen LogP contribution in [0.4, 0.5) is 0 Å². The van der Waals surface area contributed by atoms with Crippen LogP contribution in [0.2, 0.25) is 0 Å². The molecule has 0 saturated carbocycles. The summed E-state index contributed by atoms with van der Waals surface area (Å²) in [6.07, 6.45) is 0. The van der Waals surface area contributed by atoms with Crippen LogP contribution in [0.1, 0.15) is 5.69 Å². The van der Waals surface area contributed by atoms with E-state index in [-0.39, 0.29) is 6.61 Å². The van der Waals surface area contributed by atoms with E-state index in [1.54, 1.807) is 6.07 Å². The SMILES string of the molecule is COc1cc(CO)nc(-c2ccccc2)n1. The number of benzene rings is 1. The molecular weight excluding hydrogens is 204 g/mol. The van der Waals surface area contributed by atoms with Crippen molar-refractivity contribution in [2.45, 2.75) is 6.61 Å². The van der Waals surface area contributed by atoms with Gasteiger partial charge in [-0.25, -0.2) is 4.98 Å². The third-order valence-electron chi connectivity index (χ3n) is 2.16. The van der Waals surface area contributed by atoms with E-state index in [0.717, 1.165) is 5.56 Å². The van der Waals surface area contributed by atoms with Gasteiger partial charge >= 0.3 is 0 Å². The first-order valence-corrected chi connectivity index (χ1v) is 4.91. The van der Waals surface area contributed by atoms with Crippen LogP contribution in [-0.4, -0.2) is 22.2 Å². The average Bonchev–Trinajstić information content (AvgIpc) is 2.39. The summed E-state index contributed by atoms with van der Waals surface area (Å²) in [5.41, 5.74) is 1.45. The summed E-state index contributed by atoms with van der Waals surface area (Å²) in [6, 6.07) is 11.2. The fourth-order valence-corrected chi connectivity index (χ4v) is 1.37. The van der Waals surface area contributed by atoms with Crippen molar-refractivity contribution in [3.05, 3.63) is 42.1 Å². The lowest BCUT2D eigenvalue weighted by atomic mass is 10.2. The Kier molecular flexibility index (Phi) is 3.12. The first-order chi connectivity index (χ1) is 7.83. The predicted molar refractivity (Wildman–Crippen MR) is 59.9 cm³/mol. The second-order valence-electron chi connectivity index (χ2n) is 3.25. The highest BCUT2D eigenvalue weighted by molar-refractivity contribution is 5.55. The van der Waals surface area contributed by atoms with Crippen LogP contribution in [0.25, 0.3) is 11.4 Å². The summed E-state index contributed by atoms with van der Waals surface area (Å²) in [6.45, 7) is -0.126. The maximum atomic E-state index is 9.08. The molecule has 0 saturated heterocycles. The molecule has 4 heteroatoms. The van der Waals surface area contributed by atoms with E-state index in [2.05, 4.69) is 9.97 Å². The van der Waals surface area contributed by atoms with Crippen molar-refractivity contribution in [2.75, 3.05) is 7.11 Å². The van der Waals surface area contributed by atoms with E-state index in [1.165, 1.54) is 7.11 Å². The molecule has 16 heavy (non-hydrogen) atoms. The maximum absolute atomic E-state index is 9.08. The van der Waals surface area contributed by atoms with Crippen LogP contribution in [0, 0.1) is 0 Å². The number of hydrogen-bond acceptors (Lipinski definition) is 4. The summed E-state index contributed by atoms with van der Waals surface area (Å²) in [5, 5.41) is 9.08. The minimum atomic E-state index is -0.126. The third kappa shape index (κ3) is 2.17. The molecule has 4 nitrogen and oxygen atoms in total. The molecule has 1 aromatic heterocycles. The van der Waals surface area contributed by atoms with E-state index in [1.807, 2.05) is 30.3 Å². The van der Waals surface area contributed by atoms with Gasteiger partial charge < -0.3 is 9.84 Å². The standard InChI is InChI=1S/C12H12N2O2/c1-16-11-7-10(8-15)13-12(14-11)9-5-3-2-4-6-9/h2-7,15H,8H2,1H3. The Morgan fingerprint density at radius 3 is 2.56 bits per heavy atom. The van der Waals surface area contributed by atoms with Gasteiger partial charge in [-0.05, 0) is 0 Å². The molecule has 0 aliphatic rings. The molecule has 0 aliphatic heterocycles. The van der Waals surface area contributed by atoms with Gasteiger partial charge in [-0.3, -0.25) is 0 Å². The molecule has 0 radical (unpaired) electrons. The second-order valence-corrected chi connectivity index (χ2v) is 3.25. The normalized spacial score (nSPS) is 10.1. The largest absolute Gasteiger partial charge is 0.481 e.